The molecule has 0 bridgehead atoms. The monoisotopic (exact) mass is 317 g/mol. The molecule has 4 nitrogen and oxygen atoms in total. The molecule has 0 spiro atoms. The molecule has 114 valence electrons. The molecule has 1 amide bonds. The van der Waals surface area contributed by atoms with E-state index in [1.165, 1.54) is 0 Å². The van der Waals surface area contributed by atoms with E-state index in [0.717, 1.165) is 17.7 Å². The molecule has 0 unspecified atom stereocenters. The second kappa shape index (κ2) is 6.28. The van der Waals surface area contributed by atoms with Crippen molar-refractivity contribution < 1.29 is 14.3 Å². The van der Waals surface area contributed by atoms with Crippen LogP contribution in [-0.2, 0) is 0 Å². The Labute approximate surface area is 134 Å². The number of carbonyl (C=O) groups is 1. The highest BCUT2D eigenvalue weighted by Gasteiger charge is 2.18. The van der Waals surface area contributed by atoms with E-state index in [-0.39, 0.29) is 5.91 Å². The number of hydrogen-bond acceptors (Lipinski definition) is 3. The second-order valence-electron chi connectivity index (χ2n) is 5.10. The first-order chi connectivity index (χ1) is 10.6. The molecule has 1 aliphatic heterocycles. The summed E-state index contributed by atoms with van der Waals surface area (Å²) in [6, 6.07) is 10.9. The third-order valence-electron chi connectivity index (χ3n) is 3.46. The molecule has 0 aromatic heterocycles. The van der Waals surface area contributed by atoms with Crippen LogP contribution in [0.15, 0.2) is 36.4 Å². The molecule has 22 heavy (non-hydrogen) atoms. The molecule has 1 N–H and O–H groups in total. The molecule has 3 rings (SSSR count). The first kappa shape index (κ1) is 14.7. The minimum atomic E-state index is -0.230. The number of rotatable bonds is 2. The van der Waals surface area contributed by atoms with Crippen LogP contribution in [0.1, 0.15) is 22.3 Å². The maximum Gasteiger partial charge on any atom is 0.255 e. The van der Waals surface area contributed by atoms with Crippen molar-refractivity contribution in [1.82, 2.24) is 0 Å². The highest BCUT2D eigenvalue weighted by atomic mass is 35.5. The fourth-order valence-corrected chi connectivity index (χ4v) is 2.53. The maximum atomic E-state index is 12.4. The zero-order valence-corrected chi connectivity index (χ0v) is 12.9. The zero-order valence-electron chi connectivity index (χ0n) is 12.2. The van der Waals surface area contributed by atoms with Gasteiger partial charge in [0.05, 0.1) is 18.2 Å². The van der Waals surface area contributed by atoms with E-state index in [2.05, 4.69) is 5.32 Å². The molecule has 2 aromatic carbocycles. The SMILES string of the molecule is Cc1ccccc1NC(=O)c1cc(Cl)c2c(c1)OCCCO2. The minimum Gasteiger partial charge on any atom is -0.489 e. The first-order valence-electron chi connectivity index (χ1n) is 7.11. The second-order valence-corrected chi connectivity index (χ2v) is 5.51. The van der Waals surface area contributed by atoms with E-state index < -0.39 is 0 Å². The van der Waals surface area contributed by atoms with Crippen LogP contribution in [0.25, 0.3) is 0 Å². The van der Waals surface area contributed by atoms with Gasteiger partial charge in [0.25, 0.3) is 5.91 Å². The lowest BCUT2D eigenvalue weighted by atomic mass is 10.1. The molecule has 0 atom stereocenters. The van der Waals surface area contributed by atoms with E-state index in [1.54, 1.807) is 12.1 Å². The number of nitrogens with one attached hydrogen (secondary N) is 1. The zero-order chi connectivity index (χ0) is 15.5. The maximum absolute atomic E-state index is 12.4. The van der Waals surface area contributed by atoms with Gasteiger partial charge in [-0.15, -0.1) is 0 Å². The van der Waals surface area contributed by atoms with Crippen LogP contribution in [0, 0.1) is 6.92 Å². The largest absolute Gasteiger partial charge is 0.489 e. The molecular formula is C17H16ClNO3. The summed E-state index contributed by atoms with van der Waals surface area (Å²) >= 11 is 6.21. The number of ether oxygens (including phenoxy) is 2. The number of anilines is 1. The lowest BCUT2D eigenvalue weighted by Crippen LogP contribution is -2.13. The van der Waals surface area contributed by atoms with Crippen LogP contribution in [0.5, 0.6) is 11.5 Å². The van der Waals surface area contributed by atoms with Gasteiger partial charge in [0.15, 0.2) is 11.5 Å². The first-order valence-corrected chi connectivity index (χ1v) is 7.49. The summed E-state index contributed by atoms with van der Waals surface area (Å²) in [5, 5.41) is 3.27. The summed E-state index contributed by atoms with van der Waals surface area (Å²) in [6.07, 6.45) is 0.787. The normalized spacial score (nSPS) is 13.4. The number of aryl methyl sites for hydroxylation is 1. The van der Waals surface area contributed by atoms with Crippen LogP contribution >= 0.6 is 11.6 Å². The van der Waals surface area contributed by atoms with Gasteiger partial charge in [-0.3, -0.25) is 4.79 Å². The van der Waals surface area contributed by atoms with Crippen molar-refractivity contribution in [2.24, 2.45) is 0 Å². The van der Waals surface area contributed by atoms with Crippen molar-refractivity contribution in [3.05, 3.63) is 52.5 Å². The number of para-hydroxylation sites is 1. The summed E-state index contributed by atoms with van der Waals surface area (Å²) in [4.78, 5) is 12.4. The molecule has 1 aliphatic rings. The lowest BCUT2D eigenvalue weighted by Gasteiger charge is -2.12. The Bertz CT molecular complexity index is 715. The Morgan fingerprint density at radius 3 is 2.77 bits per heavy atom. The van der Waals surface area contributed by atoms with Crippen molar-refractivity contribution in [2.45, 2.75) is 13.3 Å². The Morgan fingerprint density at radius 2 is 1.95 bits per heavy atom. The van der Waals surface area contributed by atoms with Crippen molar-refractivity contribution in [3.8, 4) is 11.5 Å². The molecule has 1 heterocycles. The lowest BCUT2D eigenvalue weighted by molar-refractivity contribution is 0.102. The fraction of sp³-hybridized carbons (Fsp3) is 0.235. The number of benzene rings is 2. The molecular weight excluding hydrogens is 302 g/mol. The van der Waals surface area contributed by atoms with Gasteiger partial charge in [-0.1, -0.05) is 29.8 Å². The summed E-state index contributed by atoms with van der Waals surface area (Å²) in [5.74, 6) is 0.790. The number of fused-ring (bicyclic) bond motifs is 1. The van der Waals surface area contributed by atoms with E-state index in [1.807, 2.05) is 31.2 Å². The molecule has 2 aromatic rings. The van der Waals surface area contributed by atoms with E-state index in [9.17, 15) is 4.79 Å². The average Bonchev–Trinajstić information content (AvgIpc) is 2.75. The van der Waals surface area contributed by atoms with Gasteiger partial charge in [-0.05, 0) is 30.7 Å². The van der Waals surface area contributed by atoms with Gasteiger partial charge >= 0.3 is 0 Å². The van der Waals surface area contributed by atoms with Crippen molar-refractivity contribution in [1.29, 1.82) is 0 Å². The van der Waals surface area contributed by atoms with E-state index in [4.69, 9.17) is 21.1 Å². The standard InChI is InChI=1S/C17H16ClNO3/c1-11-5-2-3-6-14(11)19-17(20)12-9-13(18)16-15(10-12)21-7-4-8-22-16/h2-3,5-6,9-10H,4,7-8H2,1H3,(H,19,20). The molecule has 0 saturated heterocycles. The predicted octanol–water partition coefficient (Wildman–Crippen LogP) is 4.06. The Morgan fingerprint density at radius 1 is 1.18 bits per heavy atom. The third-order valence-corrected chi connectivity index (χ3v) is 3.74. The molecule has 0 fully saturated rings. The summed E-state index contributed by atoms with van der Waals surface area (Å²) < 4.78 is 11.2. The molecule has 0 aliphatic carbocycles. The van der Waals surface area contributed by atoms with Gasteiger partial charge in [0.2, 0.25) is 0 Å². The Balaban J connectivity index is 1.88. The third kappa shape index (κ3) is 3.02. The van der Waals surface area contributed by atoms with Gasteiger partial charge in [0, 0.05) is 17.7 Å². The van der Waals surface area contributed by atoms with Crippen LogP contribution in [0.3, 0.4) is 0 Å². The quantitative estimate of drug-likeness (QED) is 0.908. The van der Waals surface area contributed by atoms with Gasteiger partial charge in [-0.2, -0.15) is 0 Å². The van der Waals surface area contributed by atoms with Crippen LogP contribution in [0.2, 0.25) is 5.02 Å². The molecule has 0 saturated carbocycles. The summed E-state index contributed by atoms with van der Waals surface area (Å²) in [6.45, 7) is 3.05. The topological polar surface area (TPSA) is 47.6 Å². The van der Waals surface area contributed by atoms with E-state index >= 15 is 0 Å². The highest BCUT2D eigenvalue weighted by molar-refractivity contribution is 6.32. The summed E-state index contributed by atoms with van der Waals surface area (Å²) in [7, 11) is 0. The number of carbonyl (C=O) groups excluding carboxylic acids is 1. The number of halogens is 1. The fourth-order valence-electron chi connectivity index (χ4n) is 2.27. The smallest absolute Gasteiger partial charge is 0.255 e. The van der Waals surface area contributed by atoms with E-state index in [0.29, 0.717) is 35.3 Å². The van der Waals surface area contributed by atoms with Crippen molar-refractivity contribution in [3.63, 3.8) is 0 Å². The summed E-state index contributed by atoms with van der Waals surface area (Å²) in [5.41, 5.74) is 2.21. The Hall–Kier alpha value is -2.20. The van der Waals surface area contributed by atoms with Crippen molar-refractivity contribution in [2.75, 3.05) is 18.5 Å². The molecule has 5 heteroatoms. The Kier molecular flexibility index (Phi) is 4.20. The van der Waals surface area contributed by atoms with Gasteiger partial charge < -0.3 is 14.8 Å². The average molecular weight is 318 g/mol. The minimum absolute atomic E-state index is 0.230. The van der Waals surface area contributed by atoms with Gasteiger partial charge in [0.1, 0.15) is 0 Å². The number of hydrogen-bond donors (Lipinski definition) is 1. The van der Waals surface area contributed by atoms with Crippen molar-refractivity contribution >= 4 is 23.2 Å². The van der Waals surface area contributed by atoms with Gasteiger partial charge in [-0.25, -0.2) is 0 Å². The highest BCUT2D eigenvalue weighted by Crippen LogP contribution is 2.38. The molecule has 0 radical (unpaired) electrons. The van der Waals surface area contributed by atoms with Crippen LogP contribution in [0.4, 0.5) is 5.69 Å². The number of amides is 1. The van der Waals surface area contributed by atoms with Crippen LogP contribution in [-0.4, -0.2) is 19.1 Å². The predicted molar refractivity (Wildman–Crippen MR) is 86.2 cm³/mol. The van der Waals surface area contributed by atoms with Crippen LogP contribution < -0.4 is 14.8 Å².